The number of rotatable bonds is 6. The molecule has 29 heavy (non-hydrogen) atoms. The first-order chi connectivity index (χ1) is 14.2. The molecule has 0 bridgehead atoms. The van der Waals surface area contributed by atoms with Gasteiger partial charge < -0.3 is 5.32 Å². The molecule has 0 saturated carbocycles. The van der Waals surface area contributed by atoms with Crippen molar-refractivity contribution in [1.29, 1.82) is 0 Å². The van der Waals surface area contributed by atoms with Crippen LogP contribution >= 0.6 is 11.8 Å². The fourth-order valence-corrected chi connectivity index (χ4v) is 3.36. The van der Waals surface area contributed by atoms with Gasteiger partial charge in [0.15, 0.2) is 5.82 Å². The van der Waals surface area contributed by atoms with Gasteiger partial charge in [-0.1, -0.05) is 60.3 Å². The van der Waals surface area contributed by atoms with E-state index in [9.17, 15) is 9.18 Å². The largest absolute Gasteiger partial charge is 0.325 e. The van der Waals surface area contributed by atoms with Crippen molar-refractivity contribution in [2.24, 2.45) is 0 Å². The van der Waals surface area contributed by atoms with Gasteiger partial charge in [0.2, 0.25) is 11.1 Å². The number of thioether (sulfide) groups is 1. The molecule has 144 valence electrons. The first-order valence-corrected chi connectivity index (χ1v) is 9.94. The van der Waals surface area contributed by atoms with E-state index in [2.05, 4.69) is 15.4 Å². The van der Waals surface area contributed by atoms with Crippen LogP contribution in [0, 0.1) is 5.82 Å². The highest BCUT2D eigenvalue weighted by Gasteiger charge is 2.15. The van der Waals surface area contributed by atoms with Crippen LogP contribution in [0.25, 0.3) is 17.1 Å². The zero-order chi connectivity index (χ0) is 20.1. The van der Waals surface area contributed by atoms with Gasteiger partial charge in [-0.3, -0.25) is 4.79 Å². The molecule has 1 amide bonds. The fraction of sp³-hybridized carbons (Fsp3) is 0.0455. The Balaban J connectivity index is 1.53. The minimum atomic E-state index is -0.346. The van der Waals surface area contributed by atoms with Crippen molar-refractivity contribution in [3.63, 3.8) is 0 Å². The molecule has 0 aliphatic rings. The van der Waals surface area contributed by atoms with Crippen LogP contribution in [0.1, 0.15) is 0 Å². The number of carbonyl (C=O) groups excluding carboxylic acids is 1. The van der Waals surface area contributed by atoms with Gasteiger partial charge in [-0.25, -0.2) is 14.1 Å². The number of para-hydroxylation sites is 1. The van der Waals surface area contributed by atoms with Gasteiger partial charge in [0.1, 0.15) is 5.82 Å². The molecule has 4 aromatic rings. The summed E-state index contributed by atoms with van der Waals surface area (Å²) in [5, 5.41) is 7.82. The van der Waals surface area contributed by atoms with Crippen LogP contribution in [0.4, 0.5) is 10.1 Å². The molecule has 0 fully saturated rings. The van der Waals surface area contributed by atoms with E-state index in [0.717, 1.165) is 11.3 Å². The van der Waals surface area contributed by atoms with Gasteiger partial charge in [0, 0.05) is 11.3 Å². The molecule has 5 nitrogen and oxygen atoms in total. The summed E-state index contributed by atoms with van der Waals surface area (Å²) in [4.78, 5) is 16.8. The first kappa shape index (κ1) is 18.9. The molecule has 1 aromatic heterocycles. The highest BCUT2D eigenvalue weighted by Crippen LogP contribution is 2.24. The standard InChI is InChI=1S/C22H17FN4OS/c23-17-11-13-18(14-12-17)24-20(28)15-29-22-25-21(16-7-3-1-4-8-16)27(26-22)19-9-5-2-6-10-19/h1-14H,15H2,(H,24,28). The van der Waals surface area contributed by atoms with E-state index in [1.807, 2.05) is 60.7 Å². The summed E-state index contributed by atoms with van der Waals surface area (Å²) in [6.07, 6.45) is 0. The van der Waals surface area contributed by atoms with Crippen molar-refractivity contribution in [1.82, 2.24) is 14.8 Å². The number of amides is 1. The first-order valence-electron chi connectivity index (χ1n) is 8.95. The van der Waals surface area contributed by atoms with Crippen molar-refractivity contribution in [3.8, 4) is 17.1 Å². The van der Waals surface area contributed by atoms with Gasteiger partial charge in [-0.05, 0) is 36.4 Å². The number of anilines is 1. The summed E-state index contributed by atoms with van der Waals surface area (Å²) >= 11 is 1.25. The molecular formula is C22H17FN4OS. The van der Waals surface area contributed by atoms with E-state index >= 15 is 0 Å². The van der Waals surface area contributed by atoms with E-state index in [1.54, 1.807) is 4.68 Å². The zero-order valence-corrected chi connectivity index (χ0v) is 16.1. The molecule has 1 N–H and O–H groups in total. The van der Waals surface area contributed by atoms with Crippen LogP contribution in [0.3, 0.4) is 0 Å². The maximum atomic E-state index is 13.0. The fourth-order valence-electron chi connectivity index (χ4n) is 2.74. The molecule has 0 atom stereocenters. The molecule has 4 rings (SSSR count). The Morgan fingerprint density at radius 2 is 1.59 bits per heavy atom. The Hall–Kier alpha value is -3.45. The van der Waals surface area contributed by atoms with Crippen molar-refractivity contribution in [2.75, 3.05) is 11.1 Å². The Morgan fingerprint density at radius 1 is 0.931 bits per heavy atom. The van der Waals surface area contributed by atoms with Gasteiger partial charge in [-0.2, -0.15) is 0 Å². The summed E-state index contributed by atoms with van der Waals surface area (Å²) < 4.78 is 14.8. The minimum Gasteiger partial charge on any atom is -0.325 e. The molecule has 0 spiro atoms. The van der Waals surface area contributed by atoms with Crippen molar-refractivity contribution < 1.29 is 9.18 Å². The lowest BCUT2D eigenvalue weighted by Gasteiger charge is -2.05. The Kier molecular flexibility index (Phi) is 5.67. The van der Waals surface area contributed by atoms with Gasteiger partial charge in [-0.15, -0.1) is 5.10 Å². The third-order valence-electron chi connectivity index (χ3n) is 4.08. The predicted octanol–water partition coefficient (Wildman–Crippen LogP) is 4.80. The Morgan fingerprint density at radius 3 is 2.28 bits per heavy atom. The smallest absolute Gasteiger partial charge is 0.234 e. The number of benzene rings is 3. The van der Waals surface area contributed by atoms with Crippen LogP contribution in [0.2, 0.25) is 0 Å². The number of carbonyl (C=O) groups is 1. The molecule has 1 heterocycles. The van der Waals surface area contributed by atoms with Gasteiger partial charge in [0.05, 0.1) is 11.4 Å². The summed E-state index contributed by atoms with van der Waals surface area (Å²) in [7, 11) is 0. The highest BCUT2D eigenvalue weighted by molar-refractivity contribution is 7.99. The van der Waals surface area contributed by atoms with Crippen LogP contribution in [0.15, 0.2) is 90.1 Å². The number of halogens is 1. The molecular weight excluding hydrogens is 387 g/mol. The van der Waals surface area contributed by atoms with Crippen LogP contribution in [-0.2, 0) is 4.79 Å². The summed E-state index contributed by atoms with van der Waals surface area (Å²) in [5.41, 5.74) is 2.37. The second kappa shape index (κ2) is 8.70. The number of nitrogens with zero attached hydrogens (tertiary/aromatic N) is 3. The maximum Gasteiger partial charge on any atom is 0.234 e. The second-order valence-corrected chi connectivity index (χ2v) is 7.12. The van der Waals surface area contributed by atoms with Crippen molar-refractivity contribution in [2.45, 2.75) is 5.16 Å². The summed E-state index contributed by atoms with van der Waals surface area (Å²) in [6.45, 7) is 0. The quantitative estimate of drug-likeness (QED) is 0.469. The Bertz CT molecular complexity index is 1040. The molecule has 7 heteroatoms. The zero-order valence-electron chi connectivity index (χ0n) is 15.3. The van der Waals surface area contributed by atoms with Crippen LogP contribution < -0.4 is 5.32 Å². The number of hydrogen-bond donors (Lipinski definition) is 1. The summed E-state index contributed by atoms with van der Waals surface area (Å²) in [5.74, 6) is 0.295. The Labute approximate surface area is 171 Å². The lowest BCUT2D eigenvalue weighted by molar-refractivity contribution is -0.113. The van der Waals surface area contributed by atoms with Crippen molar-refractivity contribution >= 4 is 23.4 Å². The molecule has 3 aromatic carbocycles. The van der Waals surface area contributed by atoms with Crippen LogP contribution in [0.5, 0.6) is 0 Å². The molecule has 0 aliphatic heterocycles. The van der Waals surface area contributed by atoms with E-state index in [-0.39, 0.29) is 17.5 Å². The normalized spacial score (nSPS) is 10.7. The minimum absolute atomic E-state index is 0.143. The average molecular weight is 404 g/mol. The van der Waals surface area contributed by atoms with E-state index in [0.29, 0.717) is 16.7 Å². The SMILES string of the molecule is O=C(CSc1nc(-c2ccccc2)n(-c2ccccc2)n1)Nc1ccc(F)cc1. The number of nitrogens with one attached hydrogen (secondary N) is 1. The monoisotopic (exact) mass is 404 g/mol. The highest BCUT2D eigenvalue weighted by atomic mass is 32.2. The van der Waals surface area contributed by atoms with Crippen LogP contribution in [-0.4, -0.2) is 26.4 Å². The lowest BCUT2D eigenvalue weighted by atomic mass is 10.2. The average Bonchev–Trinajstić information content (AvgIpc) is 3.20. The van der Waals surface area contributed by atoms with Gasteiger partial charge >= 0.3 is 0 Å². The predicted molar refractivity (Wildman–Crippen MR) is 113 cm³/mol. The third-order valence-corrected chi connectivity index (χ3v) is 4.92. The number of hydrogen-bond acceptors (Lipinski definition) is 4. The van der Waals surface area contributed by atoms with E-state index in [4.69, 9.17) is 0 Å². The van der Waals surface area contributed by atoms with E-state index < -0.39 is 0 Å². The third kappa shape index (κ3) is 4.70. The van der Waals surface area contributed by atoms with E-state index in [1.165, 1.54) is 36.0 Å². The second-order valence-electron chi connectivity index (χ2n) is 6.18. The van der Waals surface area contributed by atoms with Gasteiger partial charge in [0.25, 0.3) is 0 Å². The molecule has 0 unspecified atom stereocenters. The molecule has 0 aliphatic carbocycles. The maximum absolute atomic E-state index is 13.0. The summed E-state index contributed by atoms with van der Waals surface area (Å²) in [6, 6.07) is 25.2. The molecule has 0 saturated heterocycles. The van der Waals surface area contributed by atoms with Crippen molar-refractivity contribution in [3.05, 3.63) is 90.7 Å². The number of aromatic nitrogens is 3. The topological polar surface area (TPSA) is 59.8 Å². The molecule has 0 radical (unpaired) electrons. The lowest BCUT2D eigenvalue weighted by Crippen LogP contribution is -2.14.